The zero-order valence-corrected chi connectivity index (χ0v) is 27.1. The van der Waals surface area contributed by atoms with E-state index in [1.807, 2.05) is 66.7 Å². The van der Waals surface area contributed by atoms with Crippen LogP contribution in [0.15, 0.2) is 93.9 Å². The summed E-state index contributed by atoms with van der Waals surface area (Å²) in [6.07, 6.45) is 2.93. The molecule has 234 valence electrons. The van der Waals surface area contributed by atoms with Gasteiger partial charge in [0, 0.05) is 0 Å². The van der Waals surface area contributed by atoms with Crippen molar-refractivity contribution in [3.63, 3.8) is 0 Å². The molecule has 0 amide bonds. The first-order valence-electron chi connectivity index (χ1n) is 15.1. The Morgan fingerprint density at radius 3 is 2.11 bits per heavy atom. The average molecular weight is 627 g/mol. The molecule has 2 heterocycles. The van der Waals surface area contributed by atoms with Gasteiger partial charge in [-0.3, -0.25) is 9.36 Å². The fourth-order valence-corrected chi connectivity index (χ4v) is 6.20. The lowest BCUT2D eigenvalue weighted by molar-refractivity contribution is -0.139. The summed E-state index contributed by atoms with van der Waals surface area (Å²) >= 11 is 1.29. The maximum atomic E-state index is 13.8. The van der Waals surface area contributed by atoms with Crippen LogP contribution in [0.3, 0.4) is 0 Å². The van der Waals surface area contributed by atoms with Crippen molar-refractivity contribution >= 4 is 23.4 Å². The van der Waals surface area contributed by atoms with E-state index in [9.17, 15) is 9.59 Å². The van der Waals surface area contributed by atoms with Gasteiger partial charge < -0.3 is 18.9 Å². The molecule has 0 bridgehead atoms. The lowest BCUT2D eigenvalue weighted by atomic mass is 9.96. The summed E-state index contributed by atoms with van der Waals surface area (Å²) in [5.41, 5.74) is 3.54. The van der Waals surface area contributed by atoms with Crippen LogP contribution < -0.4 is 29.1 Å². The van der Waals surface area contributed by atoms with Gasteiger partial charge in [0.05, 0.1) is 35.6 Å². The fourth-order valence-electron chi connectivity index (χ4n) is 5.15. The number of carbonyl (C=O) groups excluding carboxylic acids is 1. The maximum Gasteiger partial charge on any atom is 0.338 e. The van der Waals surface area contributed by atoms with Crippen molar-refractivity contribution in [2.45, 2.75) is 46.1 Å². The van der Waals surface area contributed by atoms with Crippen molar-refractivity contribution < 1.29 is 23.7 Å². The summed E-state index contributed by atoms with van der Waals surface area (Å²) in [6.45, 7) is 8.97. The smallest absolute Gasteiger partial charge is 0.338 e. The predicted molar refractivity (Wildman–Crippen MR) is 176 cm³/mol. The Bertz CT molecular complexity index is 1840. The molecule has 0 aliphatic carbocycles. The van der Waals surface area contributed by atoms with Crippen molar-refractivity contribution in [2.24, 2.45) is 4.99 Å². The van der Waals surface area contributed by atoms with Gasteiger partial charge in [-0.1, -0.05) is 61.6 Å². The van der Waals surface area contributed by atoms with Crippen LogP contribution in [0.25, 0.3) is 6.08 Å². The van der Waals surface area contributed by atoms with Crippen molar-refractivity contribution in [1.29, 1.82) is 0 Å². The van der Waals surface area contributed by atoms with Crippen molar-refractivity contribution in [3.8, 4) is 17.2 Å². The van der Waals surface area contributed by atoms with Gasteiger partial charge in [-0.05, 0) is 85.4 Å². The van der Waals surface area contributed by atoms with E-state index in [1.165, 1.54) is 16.9 Å². The molecule has 0 unspecified atom stereocenters. The van der Waals surface area contributed by atoms with Crippen LogP contribution in [0.2, 0.25) is 0 Å². The lowest BCUT2D eigenvalue weighted by Crippen LogP contribution is -2.39. The number of esters is 1. The number of allylic oxidation sites excluding steroid dienone is 1. The molecule has 9 heteroatoms. The highest BCUT2D eigenvalue weighted by atomic mass is 32.1. The molecular weight excluding hydrogens is 588 g/mol. The third-order valence-corrected chi connectivity index (χ3v) is 8.79. The largest absolute Gasteiger partial charge is 0.497 e. The summed E-state index contributed by atoms with van der Waals surface area (Å²) in [7, 11) is 1.59. The third kappa shape index (κ3) is 7.20. The van der Waals surface area contributed by atoms with Gasteiger partial charge in [0.2, 0.25) is 0 Å². The Labute approximate surface area is 266 Å². The average Bonchev–Trinajstić information content (AvgIpc) is 3.36. The van der Waals surface area contributed by atoms with Crippen LogP contribution in [-0.4, -0.2) is 37.5 Å². The quantitative estimate of drug-likeness (QED) is 0.146. The molecule has 0 N–H and O–H groups in total. The molecule has 1 aromatic heterocycles. The van der Waals surface area contributed by atoms with Gasteiger partial charge in [0.15, 0.2) is 4.80 Å². The second kappa shape index (κ2) is 14.4. The zero-order chi connectivity index (χ0) is 31.9. The summed E-state index contributed by atoms with van der Waals surface area (Å²) in [4.78, 5) is 32.1. The molecule has 0 saturated heterocycles. The van der Waals surface area contributed by atoms with Crippen molar-refractivity contribution in [2.75, 3.05) is 26.9 Å². The van der Waals surface area contributed by atoms with Crippen LogP contribution in [0.5, 0.6) is 17.2 Å². The molecule has 45 heavy (non-hydrogen) atoms. The van der Waals surface area contributed by atoms with E-state index < -0.39 is 12.0 Å². The van der Waals surface area contributed by atoms with Gasteiger partial charge in [-0.15, -0.1) is 0 Å². The van der Waals surface area contributed by atoms with Crippen LogP contribution in [-0.2, 0) is 9.53 Å². The Kier molecular flexibility index (Phi) is 10.2. The molecule has 0 radical (unpaired) electrons. The number of ether oxygens (including phenoxy) is 4. The van der Waals surface area contributed by atoms with Crippen molar-refractivity contribution in [3.05, 3.63) is 120 Å². The third-order valence-electron chi connectivity index (χ3n) is 7.81. The van der Waals surface area contributed by atoms with Gasteiger partial charge >= 0.3 is 5.97 Å². The predicted octanol–water partition coefficient (Wildman–Crippen LogP) is 5.78. The highest BCUT2D eigenvalue weighted by molar-refractivity contribution is 7.07. The number of fused-ring (bicyclic) bond motifs is 1. The van der Waals surface area contributed by atoms with Gasteiger partial charge in [-0.2, -0.15) is 0 Å². The van der Waals surface area contributed by atoms with E-state index in [0.717, 1.165) is 23.3 Å². The first-order valence-corrected chi connectivity index (χ1v) is 15.9. The number of benzene rings is 3. The molecule has 5 rings (SSSR count). The van der Waals surface area contributed by atoms with E-state index in [-0.39, 0.29) is 12.2 Å². The number of hydrogen-bond acceptors (Lipinski definition) is 8. The number of methoxy groups -OCH3 is 1. The van der Waals surface area contributed by atoms with E-state index in [0.29, 0.717) is 51.2 Å². The second-order valence-corrected chi connectivity index (χ2v) is 11.7. The van der Waals surface area contributed by atoms with Crippen LogP contribution >= 0.6 is 11.3 Å². The monoisotopic (exact) mass is 626 g/mol. The van der Waals surface area contributed by atoms with Crippen LogP contribution in [0.1, 0.15) is 62.8 Å². The number of nitrogens with zero attached hydrogens (tertiary/aromatic N) is 2. The van der Waals surface area contributed by atoms with E-state index in [1.54, 1.807) is 25.5 Å². The van der Waals surface area contributed by atoms with E-state index in [4.69, 9.17) is 18.9 Å². The van der Waals surface area contributed by atoms with E-state index in [2.05, 4.69) is 31.0 Å². The highest BCUT2D eigenvalue weighted by Gasteiger charge is 2.33. The van der Waals surface area contributed by atoms with Crippen LogP contribution in [0.4, 0.5) is 0 Å². The van der Waals surface area contributed by atoms with Gasteiger partial charge in [-0.25, -0.2) is 9.79 Å². The summed E-state index contributed by atoms with van der Waals surface area (Å²) in [5.74, 6) is 2.24. The summed E-state index contributed by atoms with van der Waals surface area (Å²) in [6, 6.07) is 22.4. The molecule has 0 spiro atoms. The Morgan fingerprint density at radius 1 is 0.933 bits per heavy atom. The standard InChI is InChI=1S/C36H38N2O6S/c1-6-23(3)26-10-18-30(19-11-26)44-21-20-43-29-14-8-25(9-15-29)22-31-34(39)38-33(27-12-16-28(41-5)17-13-27)32(35(40)42-7-2)24(4)37-36(38)45-31/h8-19,22-23,33H,6-7,20-21H2,1-5H3/b31-22+/t23-,33+/m1/s1. The Morgan fingerprint density at radius 2 is 1.53 bits per heavy atom. The molecule has 0 fully saturated rings. The number of carbonyl (C=O) groups is 1. The van der Waals surface area contributed by atoms with Gasteiger partial charge in [0.25, 0.3) is 5.56 Å². The summed E-state index contributed by atoms with van der Waals surface area (Å²) in [5, 5.41) is 0. The topological polar surface area (TPSA) is 88.4 Å². The molecular formula is C36H38N2O6S. The number of rotatable bonds is 12. The van der Waals surface area contributed by atoms with Gasteiger partial charge in [0.1, 0.15) is 30.5 Å². The Hall–Kier alpha value is -4.63. The lowest BCUT2D eigenvalue weighted by Gasteiger charge is -2.24. The molecule has 1 aliphatic heterocycles. The highest BCUT2D eigenvalue weighted by Crippen LogP contribution is 2.31. The molecule has 1 aliphatic rings. The van der Waals surface area contributed by atoms with Crippen molar-refractivity contribution in [1.82, 2.24) is 4.57 Å². The van der Waals surface area contributed by atoms with Crippen LogP contribution in [0, 0.1) is 0 Å². The number of thiazole rings is 1. The SMILES string of the molecule is CCOC(=O)C1=C(C)N=c2s/c(=C/c3ccc(OCCOc4ccc([C@H](C)CC)cc4)cc3)c(=O)n2[C@H]1c1ccc(OC)cc1. The second-order valence-electron chi connectivity index (χ2n) is 10.7. The minimum atomic E-state index is -0.677. The first kappa shape index (κ1) is 31.8. The zero-order valence-electron chi connectivity index (χ0n) is 26.2. The Balaban J connectivity index is 1.32. The molecule has 2 atom stereocenters. The molecule has 3 aromatic carbocycles. The number of aromatic nitrogens is 1. The molecule has 4 aromatic rings. The minimum absolute atomic E-state index is 0.217. The maximum absolute atomic E-state index is 13.8. The molecule has 0 saturated carbocycles. The molecule has 8 nitrogen and oxygen atoms in total. The fraction of sp³-hybridized carbons (Fsp3) is 0.306. The summed E-state index contributed by atoms with van der Waals surface area (Å²) < 4.78 is 24.5. The first-order chi connectivity index (χ1) is 21.8. The normalized spacial score (nSPS) is 15.2. The minimum Gasteiger partial charge on any atom is -0.497 e. The van der Waals surface area contributed by atoms with E-state index >= 15 is 0 Å². The number of hydrogen-bond donors (Lipinski definition) is 0.